The van der Waals surface area contributed by atoms with Gasteiger partial charge in [-0.2, -0.15) is 12.2 Å². The predicted molar refractivity (Wildman–Crippen MR) is 87.7 cm³/mol. The van der Waals surface area contributed by atoms with Gasteiger partial charge < -0.3 is 9.64 Å². The maximum Gasteiger partial charge on any atom is 0.256 e. The quantitative estimate of drug-likeness (QED) is 0.529. The molecule has 7 heteroatoms. The molecule has 0 spiro atoms. The van der Waals surface area contributed by atoms with Crippen molar-refractivity contribution in [3.05, 3.63) is 58.5 Å². The summed E-state index contributed by atoms with van der Waals surface area (Å²) >= 11 is 3.23. The van der Waals surface area contributed by atoms with E-state index in [0.29, 0.717) is 22.5 Å². The average molecular weight is 476 g/mol. The number of nitrogens with zero attached hydrogens (tertiary/aromatic N) is 1. The Morgan fingerprint density at radius 1 is 1.38 bits per heavy atom. The topological polar surface area (TPSA) is 12.5 Å². The third-order valence-electron chi connectivity index (χ3n) is 3.20. The molecule has 0 unspecified atom stereocenters. The van der Waals surface area contributed by atoms with Gasteiger partial charge in [0.05, 0.1) is 19.0 Å². The molecular formula is C17H16BrF3NOY-. The van der Waals surface area contributed by atoms with Crippen LogP contribution in [-0.4, -0.2) is 24.5 Å². The van der Waals surface area contributed by atoms with Crippen LogP contribution < -0.4 is 4.74 Å². The summed E-state index contributed by atoms with van der Waals surface area (Å²) in [5, 5.41) is 0. The van der Waals surface area contributed by atoms with E-state index < -0.39 is 18.8 Å². The van der Waals surface area contributed by atoms with E-state index in [1.807, 2.05) is 6.92 Å². The third kappa shape index (κ3) is 5.20. The molecule has 1 heterocycles. The number of benzene rings is 1. The fourth-order valence-electron chi connectivity index (χ4n) is 2.12. The van der Waals surface area contributed by atoms with Crippen LogP contribution in [0.2, 0.25) is 0 Å². The fraction of sp³-hybridized carbons (Fsp3) is 0.294. The molecule has 0 amide bonds. The first-order chi connectivity index (χ1) is 10.9. The molecule has 0 bridgehead atoms. The minimum Gasteiger partial charge on any atom is -0.494 e. The molecule has 0 saturated carbocycles. The molecule has 0 aromatic heterocycles. The van der Waals surface area contributed by atoms with Crippen molar-refractivity contribution in [2.24, 2.45) is 0 Å². The Bertz CT molecular complexity index is 661. The molecule has 0 fully saturated rings. The molecule has 127 valence electrons. The molecule has 0 aliphatic carbocycles. The Balaban J connectivity index is 0.00000288. The van der Waals surface area contributed by atoms with Crippen LogP contribution in [0.4, 0.5) is 13.2 Å². The van der Waals surface area contributed by atoms with Gasteiger partial charge in [0.15, 0.2) is 0 Å². The van der Waals surface area contributed by atoms with E-state index in [-0.39, 0.29) is 44.0 Å². The standard InChI is InChI=1S/C17H16BrF3NO.Y/c1-3-8-23-12-4-5-13(15(19)9-12)16-7-6-14(18)11(2)22(16)10-17(20)21;/h4-6,9,17H,2-3,8,10H2,1H3;/q-1;. The first-order valence-electron chi connectivity index (χ1n) is 7.10. The van der Waals surface area contributed by atoms with Gasteiger partial charge in [-0.25, -0.2) is 13.2 Å². The van der Waals surface area contributed by atoms with E-state index in [2.05, 4.69) is 28.6 Å². The second-order valence-electron chi connectivity index (χ2n) is 4.92. The normalized spacial score (nSPS) is 14.2. The minimum absolute atomic E-state index is 0. The molecule has 1 aromatic rings. The van der Waals surface area contributed by atoms with Crippen molar-refractivity contribution >= 4 is 21.6 Å². The number of alkyl halides is 2. The van der Waals surface area contributed by atoms with E-state index in [1.54, 1.807) is 12.1 Å². The van der Waals surface area contributed by atoms with Gasteiger partial charge in [0.25, 0.3) is 6.43 Å². The maximum atomic E-state index is 14.4. The largest absolute Gasteiger partial charge is 0.494 e. The molecule has 0 N–H and O–H groups in total. The van der Waals surface area contributed by atoms with E-state index in [9.17, 15) is 13.2 Å². The number of allylic oxidation sites excluding steroid dienone is 3. The average Bonchev–Trinajstić information content (AvgIpc) is 2.50. The molecule has 0 saturated heterocycles. The SMILES string of the molecule is C=C1C(Br)=C[C-]=C(c2ccc(OCCC)cc2F)N1CC(F)F.[Y]. The van der Waals surface area contributed by atoms with Crippen LogP contribution in [0.1, 0.15) is 18.9 Å². The van der Waals surface area contributed by atoms with Crippen LogP contribution in [-0.2, 0) is 32.7 Å². The minimum atomic E-state index is -2.59. The van der Waals surface area contributed by atoms with Crippen molar-refractivity contribution in [3.8, 4) is 5.75 Å². The first-order valence-corrected chi connectivity index (χ1v) is 7.90. The zero-order chi connectivity index (χ0) is 17.0. The molecule has 2 nitrogen and oxygen atoms in total. The van der Waals surface area contributed by atoms with E-state index in [0.717, 1.165) is 6.42 Å². The van der Waals surface area contributed by atoms with Crippen molar-refractivity contribution in [2.45, 2.75) is 19.8 Å². The summed E-state index contributed by atoms with van der Waals surface area (Å²) in [4.78, 5) is 1.25. The zero-order valence-corrected chi connectivity index (χ0v) is 17.6. The van der Waals surface area contributed by atoms with Gasteiger partial charge in [0, 0.05) is 38.8 Å². The fourth-order valence-corrected chi connectivity index (χ4v) is 2.45. The van der Waals surface area contributed by atoms with Crippen LogP contribution in [0.3, 0.4) is 0 Å². The van der Waals surface area contributed by atoms with Crippen LogP contribution in [0.15, 0.2) is 41.0 Å². The van der Waals surface area contributed by atoms with Gasteiger partial charge in [0.1, 0.15) is 5.75 Å². The summed E-state index contributed by atoms with van der Waals surface area (Å²) < 4.78 is 46.0. The van der Waals surface area contributed by atoms with E-state index >= 15 is 0 Å². The molecule has 0 atom stereocenters. The predicted octanol–water partition coefficient (Wildman–Crippen LogP) is 5.13. The summed E-state index contributed by atoms with van der Waals surface area (Å²) in [6.45, 7) is 5.61. The summed E-state index contributed by atoms with van der Waals surface area (Å²) in [6, 6.07) is 4.36. The van der Waals surface area contributed by atoms with Gasteiger partial charge in [-0.05, 0) is 18.2 Å². The van der Waals surface area contributed by atoms with Crippen molar-refractivity contribution < 1.29 is 50.6 Å². The number of hydrogen-bond acceptors (Lipinski definition) is 2. The van der Waals surface area contributed by atoms with Gasteiger partial charge in [-0.1, -0.05) is 29.2 Å². The second-order valence-corrected chi connectivity index (χ2v) is 5.78. The van der Waals surface area contributed by atoms with Gasteiger partial charge in [-0.3, -0.25) is 0 Å². The zero-order valence-electron chi connectivity index (χ0n) is 13.2. The van der Waals surface area contributed by atoms with Crippen molar-refractivity contribution in [3.63, 3.8) is 0 Å². The molecule has 1 aliphatic heterocycles. The monoisotopic (exact) mass is 475 g/mol. The number of rotatable bonds is 6. The van der Waals surface area contributed by atoms with Crippen molar-refractivity contribution in [1.82, 2.24) is 4.90 Å². The molecule has 1 aromatic carbocycles. The summed E-state index contributed by atoms with van der Waals surface area (Å²) in [5.41, 5.74) is 0.731. The van der Waals surface area contributed by atoms with Gasteiger partial charge >= 0.3 is 0 Å². The molecular weight excluding hydrogens is 460 g/mol. The summed E-state index contributed by atoms with van der Waals surface area (Å²) in [6.07, 6.45) is 2.60. The maximum absolute atomic E-state index is 14.4. The van der Waals surface area contributed by atoms with Crippen LogP contribution in [0.25, 0.3) is 5.70 Å². The van der Waals surface area contributed by atoms with Crippen LogP contribution in [0.5, 0.6) is 5.75 Å². The second kappa shape index (κ2) is 9.78. The van der Waals surface area contributed by atoms with Crippen LogP contribution >= 0.6 is 15.9 Å². The summed E-state index contributed by atoms with van der Waals surface area (Å²) in [7, 11) is 0. The number of halogens is 4. The first kappa shape index (κ1) is 21.5. The van der Waals surface area contributed by atoms with Crippen molar-refractivity contribution in [2.75, 3.05) is 13.2 Å². The van der Waals surface area contributed by atoms with Crippen LogP contribution in [0, 0.1) is 11.9 Å². The summed E-state index contributed by atoms with van der Waals surface area (Å²) in [5.74, 6) is -0.153. The molecule has 24 heavy (non-hydrogen) atoms. The Morgan fingerprint density at radius 2 is 2.08 bits per heavy atom. The van der Waals surface area contributed by atoms with E-state index in [1.165, 1.54) is 17.0 Å². The van der Waals surface area contributed by atoms with Gasteiger partial charge in [-0.15, -0.1) is 22.0 Å². The third-order valence-corrected chi connectivity index (χ3v) is 3.88. The Labute approximate surface area is 173 Å². The van der Waals surface area contributed by atoms with E-state index in [4.69, 9.17) is 4.74 Å². The smallest absolute Gasteiger partial charge is 0.256 e. The molecule has 2 rings (SSSR count). The van der Waals surface area contributed by atoms with Crippen molar-refractivity contribution in [1.29, 1.82) is 0 Å². The number of hydrogen-bond donors (Lipinski definition) is 0. The Hall–Kier alpha value is -0.586. The molecule has 1 aliphatic rings. The van der Waals surface area contributed by atoms with Gasteiger partial charge in [0.2, 0.25) is 0 Å². The number of ether oxygens (including phenoxy) is 1. The molecule has 1 radical (unpaired) electrons. The Kier molecular flexibility index (Phi) is 8.75. The Morgan fingerprint density at radius 3 is 2.67 bits per heavy atom.